The predicted octanol–water partition coefficient (Wildman–Crippen LogP) is 4.81. The Morgan fingerprint density at radius 2 is 1.93 bits per heavy atom. The van der Waals surface area contributed by atoms with Crippen molar-refractivity contribution in [3.63, 3.8) is 0 Å². The van der Waals surface area contributed by atoms with Gasteiger partial charge in [0.25, 0.3) is 0 Å². The summed E-state index contributed by atoms with van der Waals surface area (Å²) in [7, 11) is 0. The number of hydrogen-bond donors (Lipinski definition) is 1. The highest BCUT2D eigenvalue weighted by molar-refractivity contribution is 5.76. The fourth-order valence-corrected chi connectivity index (χ4v) is 2.91. The molecule has 1 N–H and O–H groups in total. The van der Waals surface area contributed by atoms with E-state index in [1.165, 1.54) is 12.1 Å². The Balaban J connectivity index is 1.99. The lowest BCUT2D eigenvalue weighted by atomic mass is 9.78. The van der Waals surface area contributed by atoms with E-state index in [9.17, 15) is 35.5 Å². The summed E-state index contributed by atoms with van der Waals surface area (Å²) in [5.41, 5.74) is 0.0610. The summed E-state index contributed by atoms with van der Waals surface area (Å²) in [6.45, 7) is -3.84. The van der Waals surface area contributed by atoms with Crippen LogP contribution in [-0.2, 0) is 9.53 Å². The van der Waals surface area contributed by atoms with E-state index >= 15 is 0 Å². The SMILES string of the molecule is O=C(CCC1CC(F)(F)C1)N[C@@H](COC(F)F)c1cccc(OC(F)(F)F)c1. The Bertz CT molecular complexity index is 658. The molecule has 1 saturated carbocycles. The molecule has 0 bridgehead atoms. The zero-order chi connectivity index (χ0) is 20.9. The first kappa shape index (κ1) is 22.3. The van der Waals surface area contributed by atoms with Gasteiger partial charge in [0.15, 0.2) is 0 Å². The Hall–Kier alpha value is -2.04. The van der Waals surface area contributed by atoms with Gasteiger partial charge < -0.3 is 14.8 Å². The van der Waals surface area contributed by atoms with Gasteiger partial charge >= 0.3 is 13.0 Å². The number of benzene rings is 1. The zero-order valence-electron chi connectivity index (χ0n) is 14.4. The van der Waals surface area contributed by atoms with Gasteiger partial charge in [-0.15, -0.1) is 13.2 Å². The van der Waals surface area contributed by atoms with Crippen molar-refractivity contribution < 1.29 is 45.0 Å². The molecule has 4 nitrogen and oxygen atoms in total. The molecule has 0 spiro atoms. The fourth-order valence-electron chi connectivity index (χ4n) is 2.91. The molecule has 1 atom stereocenters. The van der Waals surface area contributed by atoms with Crippen LogP contribution in [0.4, 0.5) is 30.7 Å². The summed E-state index contributed by atoms with van der Waals surface area (Å²) < 4.78 is 95.3. The van der Waals surface area contributed by atoms with Crippen LogP contribution in [0, 0.1) is 5.92 Å². The van der Waals surface area contributed by atoms with Crippen LogP contribution in [0.25, 0.3) is 0 Å². The normalized spacial score (nSPS) is 17.9. The van der Waals surface area contributed by atoms with Crippen LogP contribution in [-0.4, -0.2) is 31.4 Å². The molecule has 0 aromatic heterocycles. The van der Waals surface area contributed by atoms with Crippen molar-refractivity contribution in [3.8, 4) is 5.75 Å². The molecule has 0 radical (unpaired) electrons. The molecule has 0 unspecified atom stereocenters. The van der Waals surface area contributed by atoms with Crippen LogP contribution >= 0.6 is 0 Å². The average Bonchev–Trinajstić information content (AvgIpc) is 2.53. The highest BCUT2D eigenvalue weighted by atomic mass is 19.4. The molecule has 158 valence electrons. The quantitative estimate of drug-likeness (QED) is 0.587. The molecular formula is C17H18F7NO3. The molecule has 1 aliphatic carbocycles. The first-order valence-electron chi connectivity index (χ1n) is 8.36. The lowest BCUT2D eigenvalue weighted by Crippen LogP contribution is -2.37. The zero-order valence-corrected chi connectivity index (χ0v) is 14.4. The second-order valence-corrected chi connectivity index (χ2v) is 6.50. The van der Waals surface area contributed by atoms with Gasteiger partial charge in [0, 0.05) is 19.3 Å². The number of carbonyl (C=O) groups is 1. The van der Waals surface area contributed by atoms with Crippen LogP contribution in [0.5, 0.6) is 5.75 Å². The van der Waals surface area contributed by atoms with Crippen molar-refractivity contribution in [2.75, 3.05) is 6.61 Å². The van der Waals surface area contributed by atoms with Crippen LogP contribution in [0.1, 0.15) is 37.3 Å². The predicted molar refractivity (Wildman–Crippen MR) is 82.9 cm³/mol. The first-order valence-corrected chi connectivity index (χ1v) is 8.36. The van der Waals surface area contributed by atoms with Crippen LogP contribution in [0.15, 0.2) is 24.3 Å². The number of alkyl halides is 7. The maximum absolute atomic E-state index is 12.8. The summed E-state index contributed by atoms with van der Waals surface area (Å²) in [6, 6.07) is 3.31. The van der Waals surface area contributed by atoms with Crippen molar-refractivity contribution in [1.29, 1.82) is 0 Å². The Morgan fingerprint density at radius 3 is 2.50 bits per heavy atom. The van der Waals surface area contributed by atoms with E-state index in [0.717, 1.165) is 12.1 Å². The molecule has 1 amide bonds. The van der Waals surface area contributed by atoms with Gasteiger partial charge in [0.05, 0.1) is 12.6 Å². The summed E-state index contributed by atoms with van der Waals surface area (Å²) in [5, 5.41) is 2.38. The van der Waals surface area contributed by atoms with Gasteiger partial charge in [-0.2, -0.15) is 8.78 Å². The topological polar surface area (TPSA) is 47.6 Å². The summed E-state index contributed by atoms with van der Waals surface area (Å²) in [4.78, 5) is 12.0. The third-order valence-electron chi connectivity index (χ3n) is 4.17. The maximum Gasteiger partial charge on any atom is 0.573 e. The average molecular weight is 417 g/mol. The van der Waals surface area contributed by atoms with Crippen LogP contribution < -0.4 is 10.1 Å². The van der Waals surface area contributed by atoms with E-state index in [-0.39, 0.29) is 37.2 Å². The number of halogens is 7. The van der Waals surface area contributed by atoms with Crippen LogP contribution in [0.3, 0.4) is 0 Å². The van der Waals surface area contributed by atoms with Gasteiger partial charge in [-0.25, -0.2) is 8.78 Å². The molecule has 28 heavy (non-hydrogen) atoms. The lowest BCUT2D eigenvalue weighted by molar-refractivity contribution is -0.274. The van der Waals surface area contributed by atoms with E-state index < -0.39 is 43.2 Å². The molecule has 0 saturated heterocycles. The van der Waals surface area contributed by atoms with E-state index in [0.29, 0.717) is 0 Å². The molecular weight excluding hydrogens is 399 g/mol. The summed E-state index contributed by atoms with van der Waals surface area (Å²) >= 11 is 0. The van der Waals surface area contributed by atoms with Crippen molar-refractivity contribution in [3.05, 3.63) is 29.8 Å². The Labute approximate surface area is 156 Å². The van der Waals surface area contributed by atoms with E-state index in [1.807, 2.05) is 0 Å². The number of amides is 1. The van der Waals surface area contributed by atoms with Gasteiger partial charge in [-0.3, -0.25) is 4.79 Å². The minimum atomic E-state index is -4.94. The molecule has 0 aliphatic heterocycles. The van der Waals surface area contributed by atoms with Crippen LogP contribution in [0.2, 0.25) is 0 Å². The first-order chi connectivity index (χ1) is 12.9. The van der Waals surface area contributed by atoms with Crippen molar-refractivity contribution in [1.82, 2.24) is 5.32 Å². The maximum atomic E-state index is 12.8. The lowest BCUT2D eigenvalue weighted by Gasteiger charge is -2.34. The second-order valence-electron chi connectivity index (χ2n) is 6.50. The minimum Gasteiger partial charge on any atom is -0.406 e. The standard InChI is InChI=1S/C17H18F7NO3/c18-15(19)27-9-13(11-2-1-3-12(6-11)28-17(22,23)24)25-14(26)5-4-10-7-16(20,21)8-10/h1-3,6,10,13,15H,4-5,7-9H2,(H,25,26)/t13-/m0/s1. The van der Waals surface area contributed by atoms with Gasteiger partial charge in [-0.05, 0) is 30.0 Å². The minimum absolute atomic E-state index is 0.0610. The van der Waals surface area contributed by atoms with E-state index in [1.54, 1.807) is 0 Å². The third-order valence-corrected chi connectivity index (χ3v) is 4.17. The largest absolute Gasteiger partial charge is 0.573 e. The molecule has 1 aromatic rings. The molecule has 2 rings (SSSR count). The van der Waals surface area contributed by atoms with E-state index in [2.05, 4.69) is 14.8 Å². The van der Waals surface area contributed by atoms with E-state index in [4.69, 9.17) is 0 Å². The summed E-state index contributed by atoms with van der Waals surface area (Å²) in [5.74, 6) is -4.22. The van der Waals surface area contributed by atoms with Crippen molar-refractivity contribution >= 4 is 5.91 Å². The Kier molecular flexibility index (Phi) is 7.13. The smallest absolute Gasteiger partial charge is 0.406 e. The fraction of sp³-hybridized carbons (Fsp3) is 0.588. The van der Waals surface area contributed by atoms with Gasteiger partial charge in [0.1, 0.15) is 5.75 Å². The van der Waals surface area contributed by atoms with Gasteiger partial charge in [-0.1, -0.05) is 12.1 Å². The highest BCUT2D eigenvalue weighted by Gasteiger charge is 2.44. The van der Waals surface area contributed by atoms with Crippen molar-refractivity contribution in [2.24, 2.45) is 5.92 Å². The Morgan fingerprint density at radius 1 is 1.25 bits per heavy atom. The highest BCUT2D eigenvalue weighted by Crippen LogP contribution is 2.44. The molecule has 11 heteroatoms. The van der Waals surface area contributed by atoms with Gasteiger partial charge in [0.2, 0.25) is 11.8 Å². The molecule has 0 heterocycles. The summed E-state index contributed by atoms with van der Waals surface area (Å²) in [6.07, 6.45) is -5.49. The van der Waals surface area contributed by atoms with Crippen molar-refractivity contribution in [2.45, 2.75) is 50.6 Å². The number of ether oxygens (including phenoxy) is 2. The molecule has 1 aliphatic rings. The second kappa shape index (κ2) is 8.97. The molecule has 1 aromatic carbocycles. The monoisotopic (exact) mass is 417 g/mol. The molecule has 1 fully saturated rings. The number of hydrogen-bond acceptors (Lipinski definition) is 3. The number of carbonyl (C=O) groups excluding carboxylic acids is 1. The number of rotatable bonds is 9. The third kappa shape index (κ3) is 7.53. The number of nitrogens with one attached hydrogen (secondary N) is 1.